The van der Waals surface area contributed by atoms with Gasteiger partial charge >= 0.3 is 5.97 Å². The Morgan fingerprint density at radius 2 is 2.25 bits per heavy atom. The van der Waals surface area contributed by atoms with E-state index in [-0.39, 0.29) is 12.0 Å². The second-order valence-electron chi connectivity index (χ2n) is 3.81. The minimum absolute atomic E-state index is 0.0228. The topological polar surface area (TPSA) is 29.3 Å². The van der Waals surface area contributed by atoms with E-state index in [4.69, 9.17) is 0 Å². The summed E-state index contributed by atoms with van der Waals surface area (Å²) in [5, 5.41) is 0. The maximum Gasteiger partial charge on any atom is 0.324 e. The Labute approximate surface area is 95.3 Å². The molecule has 1 aromatic carbocycles. The first kappa shape index (κ1) is 10.9. The monoisotopic (exact) mass is 217 g/mol. The fourth-order valence-electron chi connectivity index (χ4n) is 1.62. The lowest BCUT2D eigenvalue weighted by Gasteiger charge is -1.98. The fourth-order valence-corrected chi connectivity index (χ4v) is 1.62. The summed E-state index contributed by atoms with van der Waals surface area (Å²) in [7, 11) is 1.43. The molecule has 1 fully saturated rings. The van der Waals surface area contributed by atoms with Crippen LogP contribution in [0.4, 0.5) is 0 Å². The van der Waals surface area contributed by atoms with Crippen LogP contribution in [-0.4, -0.2) is 37.1 Å². The van der Waals surface area contributed by atoms with Gasteiger partial charge in [0.25, 0.3) is 0 Å². The molecule has 0 aromatic heterocycles. The first-order valence-electron chi connectivity index (χ1n) is 5.35. The van der Waals surface area contributed by atoms with Crippen molar-refractivity contribution in [3.63, 3.8) is 0 Å². The van der Waals surface area contributed by atoms with Gasteiger partial charge in [-0.2, -0.15) is 0 Å². The standard InChI is InChI=1S/C13H15NO2/c1-16-13(15)12-10-14(12)9-5-8-11-6-3-2-4-7-11/h2-8,12H,9-10H2,1H3/b8-5+. The molecule has 1 aliphatic rings. The molecule has 1 saturated heterocycles. The highest BCUT2D eigenvalue weighted by Crippen LogP contribution is 2.18. The van der Waals surface area contributed by atoms with Crippen LogP contribution in [0.3, 0.4) is 0 Å². The molecule has 1 aliphatic heterocycles. The Morgan fingerprint density at radius 3 is 2.94 bits per heavy atom. The van der Waals surface area contributed by atoms with Gasteiger partial charge in [-0.3, -0.25) is 9.69 Å². The zero-order chi connectivity index (χ0) is 11.4. The molecule has 3 heteroatoms. The lowest BCUT2D eigenvalue weighted by Crippen LogP contribution is -2.14. The molecular formula is C13H15NO2. The van der Waals surface area contributed by atoms with Crippen LogP contribution in [0.5, 0.6) is 0 Å². The molecular weight excluding hydrogens is 202 g/mol. The number of nitrogens with zero attached hydrogens (tertiary/aromatic N) is 1. The predicted octanol–water partition coefficient (Wildman–Crippen LogP) is 1.56. The summed E-state index contributed by atoms with van der Waals surface area (Å²) >= 11 is 0. The number of methoxy groups -OCH3 is 1. The van der Waals surface area contributed by atoms with E-state index >= 15 is 0 Å². The third-order valence-electron chi connectivity index (χ3n) is 2.64. The first-order valence-corrected chi connectivity index (χ1v) is 5.35. The number of carbonyl (C=O) groups is 1. The zero-order valence-corrected chi connectivity index (χ0v) is 9.30. The average molecular weight is 217 g/mol. The number of rotatable bonds is 4. The highest BCUT2D eigenvalue weighted by atomic mass is 16.5. The van der Waals surface area contributed by atoms with Crippen molar-refractivity contribution in [2.75, 3.05) is 20.2 Å². The number of hydrogen-bond acceptors (Lipinski definition) is 3. The highest BCUT2D eigenvalue weighted by molar-refractivity contribution is 5.79. The molecule has 0 spiro atoms. The Balaban J connectivity index is 1.78. The van der Waals surface area contributed by atoms with Gasteiger partial charge in [-0.1, -0.05) is 42.5 Å². The number of ether oxygens (including phenoxy) is 1. The molecule has 2 unspecified atom stereocenters. The van der Waals surface area contributed by atoms with Crippen molar-refractivity contribution < 1.29 is 9.53 Å². The van der Waals surface area contributed by atoms with Crippen LogP contribution in [0.2, 0.25) is 0 Å². The molecule has 84 valence electrons. The van der Waals surface area contributed by atoms with Crippen molar-refractivity contribution in [1.29, 1.82) is 0 Å². The van der Waals surface area contributed by atoms with Gasteiger partial charge in [0.2, 0.25) is 0 Å². The van der Waals surface area contributed by atoms with Crippen molar-refractivity contribution in [2.24, 2.45) is 0 Å². The van der Waals surface area contributed by atoms with Gasteiger partial charge in [0, 0.05) is 13.1 Å². The summed E-state index contributed by atoms with van der Waals surface area (Å²) in [4.78, 5) is 13.2. The lowest BCUT2D eigenvalue weighted by atomic mass is 10.2. The third-order valence-corrected chi connectivity index (χ3v) is 2.64. The third kappa shape index (κ3) is 2.70. The summed E-state index contributed by atoms with van der Waals surface area (Å²) < 4.78 is 4.66. The van der Waals surface area contributed by atoms with Crippen LogP contribution in [0.25, 0.3) is 6.08 Å². The molecule has 1 heterocycles. The highest BCUT2D eigenvalue weighted by Gasteiger charge is 2.40. The van der Waals surface area contributed by atoms with Gasteiger partial charge in [0.15, 0.2) is 0 Å². The molecule has 2 rings (SSSR count). The smallest absolute Gasteiger partial charge is 0.324 e. The fraction of sp³-hybridized carbons (Fsp3) is 0.308. The number of benzene rings is 1. The Morgan fingerprint density at radius 1 is 1.50 bits per heavy atom. The Hall–Kier alpha value is -1.61. The van der Waals surface area contributed by atoms with Crippen molar-refractivity contribution >= 4 is 12.0 Å². The van der Waals surface area contributed by atoms with E-state index in [1.165, 1.54) is 12.7 Å². The van der Waals surface area contributed by atoms with E-state index in [1.807, 2.05) is 18.2 Å². The SMILES string of the molecule is COC(=O)C1CN1C/C=C/c1ccccc1. The van der Waals surface area contributed by atoms with Crippen LogP contribution < -0.4 is 0 Å². The molecule has 0 saturated carbocycles. The van der Waals surface area contributed by atoms with Gasteiger partial charge in [-0.25, -0.2) is 0 Å². The van der Waals surface area contributed by atoms with E-state index in [9.17, 15) is 4.79 Å². The summed E-state index contributed by atoms with van der Waals surface area (Å²) in [5.74, 6) is -0.131. The molecule has 0 aliphatic carbocycles. The van der Waals surface area contributed by atoms with Crippen LogP contribution >= 0.6 is 0 Å². The molecule has 1 aromatic rings. The number of hydrogen-bond donors (Lipinski definition) is 0. The normalized spacial score (nSPS) is 23.3. The van der Waals surface area contributed by atoms with Crippen LogP contribution in [0, 0.1) is 0 Å². The van der Waals surface area contributed by atoms with Gasteiger partial charge in [-0.15, -0.1) is 0 Å². The largest absolute Gasteiger partial charge is 0.468 e. The zero-order valence-electron chi connectivity index (χ0n) is 9.30. The second kappa shape index (κ2) is 4.94. The summed E-state index contributed by atoms with van der Waals surface area (Å²) in [6, 6.07) is 10.1. The minimum atomic E-state index is -0.131. The molecule has 0 radical (unpaired) electrons. The Kier molecular flexibility index (Phi) is 3.37. The maximum atomic E-state index is 11.1. The number of carbonyl (C=O) groups excluding carboxylic acids is 1. The van der Waals surface area contributed by atoms with E-state index < -0.39 is 0 Å². The van der Waals surface area contributed by atoms with Crippen molar-refractivity contribution in [3.05, 3.63) is 42.0 Å². The average Bonchev–Trinajstić information content (AvgIpc) is 3.09. The van der Waals surface area contributed by atoms with Gasteiger partial charge < -0.3 is 4.74 Å². The van der Waals surface area contributed by atoms with E-state index in [0.29, 0.717) is 0 Å². The van der Waals surface area contributed by atoms with Crippen molar-refractivity contribution in [2.45, 2.75) is 6.04 Å². The molecule has 0 N–H and O–H groups in total. The van der Waals surface area contributed by atoms with Gasteiger partial charge in [-0.05, 0) is 5.56 Å². The lowest BCUT2D eigenvalue weighted by molar-refractivity contribution is -0.140. The molecule has 2 atom stereocenters. The summed E-state index contributed by atoms with van der Waals surface area (Å²) in [5.41, 5.74) is 1.18. The van der Waals surface area contributed by atoms with Gasteiger partial charge in [0.1, 0.15) is 6.04 Å². The minimum Gasteiger partial charge on any atom is -0.468 e. The van der Waals surface area contributed by atoms with E-state index in [1.54, 1.807) is 0 Å². The number of esters is 1. The second-order valence-corrected chi connectivity index (χ2v) is 3.81. The molecule has 16 heavy (non-hydrogen) atoms. The van der Waals surface area contributed by atoms with Crippen molar-refractivity contribution in [3.8, 4) is 0 Å². The maximum absolute atomic E-state index is 11.1. The molecule has 3 nitrogen and oxygen atoms in total. The summed E-state index contributed by atoms with van der Waals surface area (Å²) in [6.45, 7) is 1.61. The van der Waals surface area contributed by atoms with E-state index in [0.717, 1.165) is 13.1 Å². The predicted molar refractivity (Wildman–Crippen MR) is 62.9 cm³/mol. The first-order chi connectivity index (χ1) is 7.81. The van der Waals surface area contributed by atoms with Crippen molar-refractivity contribution in [1.82, 2.24) is 4.90 Å². The van der Waals surface area contributed by atoms with E-state index in [2.05, 4.69) is 33.9 Å². The molecule has 0 amide bonds. The van der Waals surface area contributed by atoms with Gasteiger partial charge in [0.05, 0.1) is 7.11 Å². The molecule has 0 bridgehead atoms. The van der Waals surface area contributed by atoms with Crippen LogP contribution in [0.1, 0.15) is 5.56 Å². The van der Waals surface area contributed by atoms with Crippen LogP contribution in [-0.2, 0) is 9.53 Å². The van der Waals surface area contributed by atoms with Crippen LogP contribution in [0.15, 0.2) is 36.4 Å². The Bertz CT molecular complexity index is 386. The summed E-state index contributed by atoms with van der Waals surface area (Å²) in [6.07, 6.45) is 4.13. The quantitative estimate of drug-likeness (QED) is 0.566.